The Morgan fingerprint density at radius 1 is 1.10 bits per heavy atom. The Morgan fingerprint density at radius 2 is 1.90 bits per heavy atom. The molecule has 0 spiro atoms. The maximum absolute atomic E-state index is 9.52. The van der Waals surface area contributed by atoms with Crippen LogP contribution in [0, 0.1) is 0 Å². The van der Waals surface area contributed by atoms with E-state index >= 15 is 0 Å². The number of rotatable bonds is 4. The first-order chi connectivity index (χ1) is 10.3. The second-order valence-electron chi connectivity index (χ2n) is 5.47. The van der Waals surface area contributed by atoms with Gasteiger partial charge in [-0.1, -0.05) is 43.3 Å². The molecule has 1 aliphatic rings. The highest BCUT2D eigenvalue weighted by atomic mass is 16.5. The lowest BCUT2D eigenvalue weighted by molar-refractivity contribution is -0.0849. The quantitative estimate of drug-likeness (QED) is 0.873. The van der Waals surface area contributed by atoms with Crippen LogP contribution in [0.5, 0.6) is 5.75 Å². The van der Waals surface area contributed by atoms with E-state index in [1.54, 1.807) is 0 Å². The molecule has 3 rings (SSSR count). The highest BCUT2D eigenvalue weighted by Gasteiger charge is 2.14. The number of fused-ring (bicyclic) bond motifs is 2. The maximum atomic E-state index is 9.52. The maximum Gasteiger partial charge on any atom is 0.123 e. The van der Waals surface area contributed by atoms with Crippen LogP contribution in [-0.4, -0.2) is 23.4 Å². The Hall–Kier alpha value is -1.84. The first kappa shape index (κ1) is 14.1. The van der Waals surface area contributed by atoms with Crippen LogP contribution in [0.15, 0.2) is 42.5 Å². The van der Waals surface area contributed by atoms with Gasteiger partial charge >= 0.3 is 0 Å². The number of benzene rings is 2. The largest absolute Gasteiger partial charge is 0.489 e. The summed E-state index contributed by atoms with van der Waals surface area (Å²) in [4.78, 5) is 0. The molecule has 21 heavy (non-hydrogen) atoms. The summed E-state index contributed by atoms with van der Waals surface area (Å²) in [5, 5.41) is 10.9. The Morgan fingerprint density at radius 3 is 2.71 bits per heavy atom. The molecule has 0 unspecified atom stereocenters. The highest BCUT2D eigenvalue weighted by molar-refractivity contribution is 5.44. The standard InChI is InChI=1S/C18H21NO2/c1-2-19(20)10-9-14-7-8-16-12-15-5-3-4-6-17(15)13-21-18(16)11-14/h3-8,11,20H,2,9-10,12-13H2,1H3. The average Bonchev–Trinajstić information content (AvgIpc) is 2.71. The number of nitrogens with zero attached hydrogens (tertiary/aromatic N) is 1. The number of hydrogen-bond donors (Lipinski definition) is 1. The van der Waals surface area contributed by atoms with Crippen LogP contribution in [0.25, 0.3) is 0 Å². The van der Waals surface area contributed by atoms with Crippen molar-refractivity contribution in [1.29, 1.82) is 0 Å². The number of likely N-dealkylation sites (N-methyl/N-ethyl adjacent to an activating group) is 1. The Bertz CT molecular complexity index is 624. The third-order valence-electron chi connectivity index (χ3n) is 4.04. The number of hydroxylamine groups is 2. The zero-order valence-corrected chi connectivity index (χ0v) is 12.4. The SMILES string of the molecule is CCN(O)CCc1ccc2c(c1)OCc1ccccc1C2. The number of ether oxygens (including phenoxy) is 1. The molecule has 1 aliphatic heterocycles. The van der Waals surface area contributed by atoms with Gasteiger partial charge in [0.2, 0.25) is 0 Å². The van der Waals surface area contributed by atoms with Gasteiger partial charge in [0.25, 0.3) is 0 Å². The fourth-order valence-electron chi connectivity index (χ4n) is 2.68. The minimum Gasteiger partial charge on any atom is -0.489 e. The minimum atomic E-state index is 0.633. The lowest BCUT2D eigenvalue weighted by Gasteiger charge is -2.13. The third-order valence-corrected chi connectivity index (χ3v) is 4.04. The zero-order chi connectivity index (χ0) is 14.7. The predicted octanol–water partition coefficient (Wildman–Crippen LogP) is 3.42. The molecule has 0 atom stereocenters. The summed E-state index contributed by atoms with van der Waals surface area (Å²) in [6.45, 7) is 3.87. The molecule has 110 valence electrons. The van der Waals surface area contributed by atoms with Gasteiger partial charge in [-0.15, -0.1) is 0 Å². The molecular weight excluding hydrogens is 262 g/mol. The Kier molecular flexibility index (Phi) is 4.23. The molecule has 1 heterocycles. The molecule has 2 aromatic rings. The van der Waals surface area contributed by atoms with Crippen molar-refractivity contribution in [2.45, 2.75) is 26.4 Å². The fourth-order valence-corrected chi connectivity index (χ4v) is 2.68. The summed E-state index contributed by atoms with van der Waals surface area (Å²) in [5.41, 5.74) is 5.05. The molecule has 0 radical (unpaired) electrons. The summed E-state index contributed by atoms with van der Waals surface area (Å²) < 4.78 is 5.97. The molecule has 0 bridgehead atoms. The van der Waals surface area contributed by atoms with Crippen LogP contribution >= 0.6 is 0 Å². The monoisotopic (exact) mass is 283 g/mol. The van der Waals surface area contributed by atoms with Crippen molar-refractivity contribution in [3.63, 3.8) is 0 Å². The molecular formula is C18H21NO2. The lowest BCUT2D eigenvalue weighted by atomic mass is 9.99. The molecule has 2 aromatic carbocycles. The summed E-state index contributed by atoms with van der Waals surface area (Å²) in [6, 6.07) is 14.9. The first-order valence-corrected chi connectivity index (χ1v) is 7.51. The number of hydrogen-bond acceptors (Lipinski definition) is 3. The molecule has 3 nitrogen and oxygen atoms in total. The van der Waals surface area contributed by atoms with Crippen LogP contribution in [-0.2, 0) is 19.4 Å². The van der Waals surface area contributed by atoms with Gasteiger partial charge in [-0.3, -0.25) is 0 Å². The van der Waals surface area contributed by atoms with Crippen molar-refractivity contribution in [2.75, 3.05) is 13.1 Å². The highest BCUT2D eigenvalue weighted by Crippen LogP contribution is 2.29. The van der Waals surface area contributed by atoms with Crippen molar-refractivity contribution < 1.29 is 9.94 Å². The van der Waals surface area contributed by atoms with Crippen LogP contribution in [0.3, 0.4) is 0 Å². The molecule has 0 aliphatic carbocycles. The molecule has 0 saturated carbocycles. The van der Waals surface area contributed by atoms with Crippen LogP contribution in [0.2, 0.25) is 0 Å². The first-order valence-electron chi connectivity index (χ1n) is 7.51. The van der Waals surface area contributed by atoms with Crippen molar-refractivity contribution in [3.8, 4) is 5.75 Å². The molecule has 0 fully saturated rings. The van der Waals surface area contributed by atoms with Gasteiger partial charge in [0, 0.05) is 19.5 Å². The van der Waals surface area contributed by atoms with Gasteiger partial charge in [0.1, 0.15) is 12.4 Å². The van der Waals surface area contributed by atoms with Gasteiger partial charge in [-0.25, -0.2) is 0 Å². The van der Waals surface area contributed by atoms with Gasteiger partial charge in [0.05, 0.1) is 0 Å². The van der Waals surface area contributed by atoms with E-state index in [1.807, 2.05) is 6.92 Å². The Labute approximate surface area is 125 Å². The molecule has 0 amide bonds. The van der Waals surface area contributed by atoms with Gasteiger partial charge in [0.15, 0.2) is 0 Å². The van der Waals surface area contributed by atoms with E-state index in [0.29, 0.717) is 19.7 Å². The van der Waals surface area contributed by atoms with Crippen LogP contribution < -0.4 is 4.74 Å². The predicted molar refractivity (Wildman–Crippen MR) is 82.8 cm³/mol. The van der Waals surface area contributed by atoms with E-state index < -0.39 is 0 Å². The molecule has 1 N–H and O–H groups in total. The van der Waals surface area contributed by atoms with Crippen LogP contribution in [0.1, 0.15) is 29.2 Å². The molecule has 0 saturated heterocycles. The van der Waals surface area contributed by atoms with Crippen molar-refractivity contribution >= 4 is 0 Å². The summed E-state index contributed by atoms with van der Waals surface area (Å²) in [5.74, 6) is 0.977. The lowest BCUT2D eigenvalue weighted by Crippen LogP contribution is -2.21. The van der Waals surface area contributed by atoms with E-state index in [0.717, 1.165) is 18.6 Å². The normalized spacial score (nSPS) is 13.3. The smallest absolute Gasteiger partial charge is 0.123 e. The summed E-state index contributed by atoms with van der Waals surface area (Å²) in [7, 11) is 0. The minimum absolute atomic E-state index is 0.633. The fraction of sp³-hybridized carbons (Fsp3) is 0.333. The zero-order valence-electron chi connectivity index (χ0n) is 12.4. The molecule has 0 aromatic heterocycles. The van der Waals surface area contributed by atoms with Crippen molar-refractivity contribution in [1.82, 2.24) is 5.06 Å². The van der Waals surface area contributed by atoms with Gasteiger partial charge < -0.3 is 9.94 Å². The van der Waals surface area contributed by atoms with E-state index in [9.17, 15) is 5.21 Å². The van der Waals surface area contributed by atoms with E-state index in [2.05, 4.69) is 42.5 Å². The Balaban J connectivity index is 1.78. The average molecular weight is 283 g/mol. The van der Waals surface area contributed by atoms with E-state index in [1.165, 1.54) is 27.3 Å². The summed E-state index contributed by atoms with van der Waals surface area (Å²) in [6.07, 6.45) is 1.75. The molecule has 3 heteroatoms. The second kappa shape index (κ2) is 6.29. The van der Waals surface area contributed by atoms with Crippen LogP contribution in [0.4, 0.5) is 0 Å². The van der Waals surface area contributed by atoms with E-state index in [-0.39, 0.29) is 0 Å². The summed E-state index contributed by atoms with van der Waals surface area (Å²) >= 11 is 0. The van der Waals surface area contributed by atoms with Crippen molar-refractivity contribution in [3.05, 3.63) is 64.7 Å². The third kappa shape index (κ3) is 3.26. The van der Waals surface area contributed by atoms with Crippen molar-refractivity contribution in [2.24, 2.45) is 0 Å². The second-order valence-corrected chi connectivity index (χ2v) is 5.47. The van der Waals surface area contributed by atoms with E-state index in [4.69, 9.17) is 4.74 Å². The topological polar surface area (TPSA) is 32.7 Å². The van der Waals surface area contributed by atoms with Gasteiger partial charge in [-0.2, -0.15) is 5.06 Å². The van der Waals surface area contributed by atoms with Gasteiger partial charge in [-0.05, 0) is 34.7 Å².